The molecule has 0 atom stereocenters. The molecule has 2 heteroatoms. The predicted molar refractivity (Wildman–Crippen MR) is 50.1 cm³/mol. The standard InChI is InChI=1S/C10H18O2/c1-8(2)5-6-10(3,4)7-9(11)12/h1,5-7H2,2-4H3,(H,11,12). The summed E-state index contributed by atoms with van der Waals surface area (Å²) in [6.45, 7) is 9.71. The van der Waals surface area contributed by atoms with E-state index in [4.69, 9.17) is 5.11 Å². The lowest BCUT2D eigenvalue weighted by Crippen LogP contribution is -2.16. The summed E-state index contributed by atoms with van der Waals surface area (Å²) in [6, 6.07) is 0. The molecule has 0 aromatic heterocycles. The maximum atomic E-state index is 10.4. The molecule has 0 aliphatic heterocycles. The van der Waals surface area contributed by atoms with E-state index in [1.165, 1.54) is 0 Å². The van der Waals surface area contributed by atoms with Gasteiger partial charge in [-0.1, -0.05) is 19.4 Å². The van der Waals surface area contributed by atoms with Gasteiger partial charge in [-0.05, 0) is 25.2 Å². The molecular formula is C10H18O2. The molecule has 0 aromatic carbocycles. The van der Waals surface area contributed by atoms with Crippen molar-refractivity contribution in [2.45, 2.75) is 40.0 Å². The Balaban J connectivity index is 3.86. The molecule has 2 nitrogen and oxygen atoms in total. The summed E-state index contributed by atoms with van der Waals surface area (Å²) in [4.78, 5) is 10.4. The van der Waals surface area contributed by atoms with Gasteiger partial charge < -0.3 is 5.11 Å². The second kappa shape index (κ2) is 4.29. The number of carbonyl (C=O) groups is 1. The van der Waals surface area contributed by atoms with Crippen LogP contribution >= 0.6 is 0 Å². The number of carboxylic acid groups (broad SMARTS) is 1. The first kappa shape index (κ1) is 11.2. The molecule has 0 radical (unpaired) electrons. The highest BCUT2D eigenvalue weighted by Gasteiger charge is 2.20. The van der Waals surface area contributed by atoms with Gasteiger partial charge in [-0.3, -0.25) is 4.79 Å². The van der Waals surface area contributed by atoms with Crippen LogP contribution in [0, 0.1) is 5.41 Å². The minimum absolute atomic E-state index is 0.106. The zero-order valence-electron chi connectivity index (χ0n) is 8.18. The van der Waals surface area contributed by atoms with Gasteiger partial charge in [-0.25, -0.2) is 0 Å². The average molecular weight is 170 g/mol. The summed E-state index contributed by atoms with van der Waals surface area (Å²) in [5.74, 6) is -0.721. The van der Waals surface area contributed by atoms with Crippen molar-refractivity contribution in [1.29, 1.82) is 0 Å². The number of hydrogen-bond acceptors (Lipinski definition) is 1. The molecule has 1 N–H and O–H groups in total. The van der Waals surface area contributed by atoms with Crippen LogP contribution in [0.25, 0.3) is 0 Å². The Hall–Kier alpha value is -0.790. The zero-order valence-corrected chi connectivity index (χ0v) is 8.18. The van der Waals surface area contributed by atoms with Gasteiger partial charge in [0.25, 0.3) is 0 Å². The van der Waals surface area contributed by atoms with Gasteiger partial charge in [-0.15, -0.1) is 6.58 Å². The molecule has 0 heterocycles. The Morgan fingerprint density at radius 1 is 1.50 bits per heavy atom. The van der Waals surface area contributed by atoms with Crippen molar-refractivity contribution in [3.05, 3.63) is 12.2 Å². The smallest absolute Gasteiger partial charge is 0.303 e. The van der Waals surface area contributed by atoms with E-state index in [-0.39, 0.29) is 11.8 Å². The van der Waals surface area contributed by atoms with Gasteiger partial charge >= 0.3 is 5.97 Å². The molecule has 0 aliphatic carbocycles. The summed E-state index contributed by atoms with van der Waals surface area (Å²) >= 11 is 0. The molecule has 12 heavy (non-hydrogen) atoms. The number of allylic oxidation sites excluding steroid dienone is 1. The maximum absolute atomic E-state index is 10.4. The molecule has 0 saturated carbocycles. The molecule has 0 saturated heterocycles. The van der Waals surface area contributed by atoms with E-state index < -0.39 is 5.97 Å². The third kappa shape index (κ3) is 5.96. The predicted octanol–water partition coefficient (Wildman–Crippen LogP) is 2.84. The minimum atomic E-state index is -0.721. The molecule has 0 aromatic rings. The molecule has 70 valence electrons. The first-order valence-electron chi connectivity index (χ1n) is 4.20. The number of carboxylic acids is 1. The van der Waals surface area contributed by atoms with Crippen LogP contribution in [0.15, 0.2) is 12.2 Å². The molecule has 0 rings (SSSR count). The molecule has 0 amide bonds. The molecular weight excluding hydrogens is 152 g/mol. The van der Waals surface area contributed by atoms with E-state index in [9.17, 15) is 4.79 Å². The molecule has 0 spiro atoms. The lowest BCUT2D eigenvalue weighted by Gasteiger charge is -2.21. The number of rotatable bonds is 5. The van der Waals surface area contributed by atoms with Crippen LogP contribution in [0.1, 0.15) is 40.0 Å². The van der Waals surface area contributed by atoms with E-state index in [0.717, 1.165) is 18.4 Å². The van der Waals surface area contributed by atoms with E-state index in [0.29, 0.717) is 0 Å². The van der Waals surface area contributed by atoms with E-state index in [1.54, 1.807) is 0 Å². The van der Waals surface area contributed by atoms with Gasteiger partial charge in [-0.2, -0.15) is 0 Å². The van der Waals surface area contributed by atoms with Crippen molar-refractivity contribution < 1.29 is 9.90 Å². The van der Waals surface area contributed by atoms with Gasteiger partial charge in [0, 0.05) is 0 Å². The third-order valence-corrected chi connectivity index (χ3v) is 1.86. The molecule has 0 fully saturated rings. The van der Waals surface area contributed by atoms with E-state index in [1.807, 2.05) is 20.8 Å². The van der Waals surface area contributed by atoms with Crippen molar-refractivity contribution in [3.63, 3.8) is 0 Å². The largest absolute Gasteiger partial charge is 0.481 e. The molecule has 0 unspecified atom stereocenters. The number of hydrogen-bond donors (Lipinski definition) is 1. The van der Waals surface area contributed by atoms with E-state index in [2.05, 4.69) is 6.58 Å². The van der Waals surface area contributed by atoms with E-state index >= 15 is 0 Å². The highest BCUT2D eigenvalue weighted by molar-refractivity contribution is 5.67. The van der Waals surface area contributed by atoms with Crippen molar-refractivity contribution in [2.24, 2.45) is 5.41 Å². The Labute approximate surface area is 74.3 Å². The summed E-state index contributed by atoms with van der Waals surface area (Å²) in [5, 5.41) is 8.59. The summed E-state index contributed by atoms with van der Waals surface area (Å²) in [6.07, 6.45) is 2.05. The fraction of sp³-hybridized carbons (Fsp3) is 0.700. The average Bonchev–Trinajstić information content (AvgIpc) is 1.81. The Bertz CT molecular complexity index is 180. The lowest BCUT2D eigenvalue weighted by molar-refractivity contribution is -0.139. The highest BCUT2D eigenvalue weighted by Crippen LogP contribution is 2.27. The highest BCUT2D eigenvalue weighted by atomic mass is 16.4. The maximum Gasteiger partial charge on any atom is 0.303 e. The second-order valence-corrected chi connectivity index (χ2v) is 4.19. The van der Waals surface area contributed by atoms with Crippen LogP contribution in [-0.4, -0.2) is 11.1 Å². The van der Waals surface area contributed by atoms with Crippen molar-refractivity contribution >= 4 is 5.97 Å². The van der Waals surface area contributed by atoms with Crippen molar-refractivity contribution in [1.82, 2.24) is 0 Å². The van der Waals surface area contributed by atoms with Gasteiger partial charge in [0.2, 0.25) is 0 Å². The van der Waals surface area contributed by atoms with Gasteiger partial charge in [0.1, 0.15) is 0 Å². The monoisotopic (exact) mass is 170 g/mol. The zero-order chi connectivity index (χ0) is 9.78. The van der Waals surface area contributed by atoms with Crippen LogP contribution in [0.5, 0.6) is 0 Å². The van der Waals surface area contributed by atoms with Crippen LogP contribution in [0.2, 0.25) is 0 Å². The quantitative estimate of drug-likeness (QED) is 0.644. The topological polar surface area (TPSA) is 37.3 Å². The van der Waals surface area contributed by atoms with Crippen LogP contribution < -0.4 is 0 Å². The summed E-state index contributed by atoms with van der Waals surface area (Å²) in [7, 11) is 0. The third-order valence-electron chi connectivity index (χ3n) is 1.86. The fourth-order valence-corrected chi connectivity index (χ4v) is 1.05. The van der Waals surface area contributed by atoms with Gasteiger partial charge in [0.05, 0.1) is 6.42 Å². The minimum Gasteiger partial charge on any atom is -0.481 e. The molecule has 0 aliphatic rings. The SMILES string of the molecule is C=C(C)CCC(C)(C)CC(=O)O. The second-order valence-electron chi connectivity index (χ2n) is 4.19. The van der Waals surface area contributed by atoms with Crippen molar-refractivity contribution in [3.8, 4) is 0 Å². The normalized spacial score (nSPS) is 11.2. The van der Waals surface area contributed by atoms with Crippen LogP contribution in [0.3, 0.4) is 0 Å². The fourth-order valence-electron chi connectivity index (χ4n) is 1.05. The summed E-state index contributed by atoms with van der Waals surface area (Å²) < 4.78 is 0. The van der Waals surface area contributed by atoms with Crippen molar-refractivity contribution in [2.75, 3.05) is 0 Å². The van der Waals surface area contributed by atoms with Gasteiger partial charge in [0.15, 0.2) is 0 Å². The number of aliphatic carboxylic acids is 1. The lowest BCUT2D eigenvalue weighted by atomic mass is 9.83. The van der Waals surface area contributed by atoms with Crippen LogP contribution in [-0.2, 0) is 4.79 Å². The Morgan fingerprint density at radius 2 is 2.00 bits per heavy atom. The Morgan fingerprint density at radius 3 is 2.33 bits per heavy atom. The summed E-state index contributed by atoms with van der Waals surface area (Å²) in [5.41, 5.74) is 1.01. The molecule has 0 bridgehead atoms. The first-order valence-corrected chi connectivity index (χ1v) is 4.20. The van der Waals surface area contributed by atoms with Crippen LogP contribution in [0.4, 0.5) is 0 Å². The Kier molecular flexibility index (Phi) is 4.01. The first-order chi connectivity index (χ1) is 5.33.